The first-order chi connectivity index (χ1) is 16.0. The van der Waals surface area contributed by atoms with E-state index in [9.17, 15) is 9.50 Å². The summed E-state index contributed by atoms with van der Waals surface area (Å²) in [7, 11) is 0. The number of nitrogens with two attached hydrogens (primary N) is 1. The maximum atomic E-state index is 14.0. The van der Waals surface area contributed by atoms with Gasteiger partial charge in [-0.2, -0.15) is 0 Å². The minimum Gasteiger partial charge on any atom is -0.504 e. The summed E-state index contributed by atoms with van der Waals surface area (Å²) in [6, 6.07) is 14.6. The number of rotatable bonds is 4. The molecule has 0 amide bonds. The zero-order chi connectivity index (χ0) is 22.9. The maximum absolute atomic E-state index is 14.0. The van der Waals surface area contributed by atoms with Crippen LogP contribution >= 0.6 is 11.6 Å². The molecule has 1 saturated heterocycles. The molecule has 0 radical (unpaired) electrons. The van der Waals surface area contributed by atoms with Crippen LogP contribution in [0.5, 0.6) is 5.75 Å². The van der Waals surface area contributed by atoms with Gasteiger partial charge in [-0.15, -0.1) is 0 Å². The highest BCUT2D eigenvalue weighted by molar-refractivity contribution is 6.32. The number of nitrogens with zero attached hydrogens (tertiary/aromatic N) is 3. The minimum atomic E-state index is -0.760. The van der Waals surface area contributed by atoms with E-state index < -0.39 is 11.6 Å². The van der Waals surface area contributed by atoms with E-state index in [-0.39, 0.29) is 11.1 Å². The SMILES string of the molecule is NC1CCN(c2ccc(Nc3ccnc4ccc(-c5cc(F)c(O)c(Cl)c5)cc34)cn2)CC1. The van der Waals surface area contributed by atoms with Crippen LogP contribution in [0.15, 0.2) is 60.9 Å². The number of fused-ring (bicyclic) bond motifs is 1. The van der Waals surface area contributed by atoms with Crippen LogP contribution < -0.4 is 16.0 Å². The predicted octanol–water partition coefficient (Wildman–Crippen LogP) is 5.47. The monoisotopic (exact) mass is 463 g/mol. The third kappa shape index (κ3) is 4.42. The van der Waals surface area contributed by atoms with Crippen LogP contribution in [-0.2, 0) is 0 Å². The average molecular weight is 464 g/mol. The van der Waals surface area contributed by atoms with Crippen molar-refractivity contribution in [3.63, 3.8) is 0 Å². The first kappa shape index (κ1) is 21.4. The van der Waals surface area contributed by atoms with Gasteiger partial charge in [0.05, 0.1) is 22.4 Å². The predicted molar refractivity (Wildman–Crippen MR) is 131 cm³/mol. The smallest absolute Gasteiger partial charge is 0.170 e. The van der Waals surface area contributed by atoms with Crippen molar-refractivity contribution in [3.8, 4) is 16.9 Å². The molecule has 2 aromatic carbocycles. The first-order valence-electron chi connectivity index (χ1n) is 10.8. The number of pyridine rings is 2. The van der Waals surface area contributed by atoms with Crippen molar-refractivity contribution in [1.82, 2.24) is 9.97 Å². The molecule has 4 N–H and O–H groups in total. The Kier molecular flexibility index (Phi) is 5.74. The Bertz CT molecular complexity index is 1280. The number of benzene rings is 2. The Balaban J connectivity index is 1.43. The molecular formula is C25H23ClFN5O. The molecule has 5 rings (SSSR count). The van der Waals surface area contributed by atoms with Gasteiger partial charge in [-0.1, -0.05) is 17.7 Å². The van der Waals surface area contributed by atoms with Crippen molar-refractivity contribution < 1.29 is 9.50 Å². The average Bonchev–Trinajstić information content (AvgIpc) is 2.83. The number of hydrogen-bond donors (Lipinski definition) is 3. The van der Waals surface area contributed by atoms with Crippen LogP contribution in [-0.4, -0.2) is 34.2 Å². The molecule has 3 heterocycles. The standard InChI is InChI=1S/C25H23ClFN5O/c26-20-12-16(13-21(27)25(20)33)15-1-3-22-19(11-15)23(5-8-29-22)31-18-2-4-24(30-14-18)32-9-6-17(28)7-10-32/h1-5,8,11-14,17,33H,6-7,9-10,28H2,(H,29,31). The Labute approximate surface area is 195 Å². The fourth-order valence-electron chi connectivity index (χ4n) is 4.10. The third-order valence-corrected chi connectivity index (χ3v) is 6.27. The van der Waals surface area contributed by atoms with Crippen molar-refractivity contribution in [2.45, 2.75) is 18.9 Å². The van der Waals surface area contributed by atoms with E-state index in [4.69, 9.17) is 17.3 Å². The normalized spacial score (nSPS) is 14.6. The zero-order valence-electron chi connectivity index (χ0n) is 17.8. The van der Waals surface area contributed by atoms with Gasteiger partial charge in [0, 0.05) is 36.4 Å². The maximum Gasteiger partial charge on any atom is 0.170 e. The molecule has 6 nitrogen and oxygen atoms in total. The number of piperidine rings is 1. The Morgan fingerprint density at radius 3 is 2.58 bits per heavy atom. The van der Waals surface area contributed by atoms with E-state index in [2.05, 4.69) is 20.2 Å². The van der Waals surface area contributed by atoms with Gasteiger partial charge in [-0.25, -0.2) is 9.37 Å². The molecule has 0 aliphatic carbocycles. The second-order valence-corrected chi connectivity index (χ2v) is 8.64. The Morgan fingerprint density at radius 2 is 1.85 bits per heavy atom. The molecule has 33 heavy (non-hydrogen) atoms. The Morgan fingerprint density at radius 1 is 1.03 bits per heavy atom. The molecule has 2 aromatic heterocycles. The van der Waals surface area contributed by atoms with Crippen molar-refractivity contribution in [3.05, 3.63) is 71.8 Å². The van der Waals surface area contributed by atoms with Crippen LogP contribution in [0.3, 0.4) is 0 Å². The number of anilines is 3. The summed E-state index contributed by atoms with van der Waals surface area (Å²) in [5.74, 6) is -0.363. The summed E-state index contributed by atoms with van der Waals surface area (Å²) in [5, 5.41) is 13.9. The summed E-state index contributed by atoms with van der Waals surface area (Å²) in [4.78, 5) is 11.3. The number of aromatic nitrogens is 2. The Hall–Kier alpha value is -3.42. The second kappa shape index (κ2) is 8.84. The lowest BCUT2D eigenvalue weighted by molar-refractivity contribution is 0.433. The van der Waals surface area contributed by atoms with Gasteiger partial charge in [0.2, 0.25) is 0 Å². The highest BCUT2D eigenvalue weighted by Gasteiger charge is 2.17. The van der Waals surface area contributed by atoms with Crippen LogP contribution in [0.25, 0.3) is 22.0 Å². The number of nitrogens with one attached hydrogen (secondary N) is 1. The molecule has 4 aromatic rings. The van der Waals surface area contributed by atoms with E-state index in [0.29, 0.717) is 5.56 Å². The second-order valence-electron chi connectivity index (χ2n) is 8.23. The number of phenolic OH excluding ortho intramolecular Hbond substituents is 1. The fraction of sp³-hybridized carbons (Fsp3) is 0.200. The number of halogens is 2. The van der Waals surface area contributed by atoms with E-state index in [1.54, 1.807) is 12.3 Å². The fourth-order valence-corrected chi connectivity index (χ4v) is 4.31. The van der Waals surface area contributed by atoms with E-state index in [0.717, 1.165) is 59.6 Å². The van der Waals surface area contributed by atoms with Crippen molar-refractivity contribution in [2.75, 3.05) is 23.3 Å². The van der Waals surface area contributed by atoms with E-state index in [1.807, 2.05) is 42.6 Å². The largest absolute Gasteiger partial charge is 0.504 e. The number of aromatic hydroxyl groups is 1. The highest BCUT2D eigenvalue weighted by atomic mass is 35.5. The van der Waals surface area contributed by atoms with Gasteiger partial charge in [0.25, 0.3) is 0 Å². The molecule has 0 bridgehead atoms. The molecule has 0 spiro atoms. The number of hydrogen-bond acceptors (Lipinski definition) is 6. The molecule has 1 fully saturated rings. The van der Waals surface area contributed by atoms with E-state index >= 15 is 0 Å². The highest BCUT2D eigenvalue weighted by Crippen LogP contribution is 2.35. The molecule has 0 atom stereocenters. The minimum absolute atomic E-state index is 0.0310. The molecule has 0 saturated carbocycles. The third-order valence-electron chi connectivity index (χ3n) is 5.98. The summed E-state index contributed by atoms with van der Waals surface area (Å²) in [5.41, 5.74) is 9.83. The van der Waals surface area contributed by atoms with E-state index in [1.165, 1.54) is 6.07 Å². The molecular weight excluding hydrogens is 441 g/mol. The first-order valence-corrected chi connectivity index (χ1v) is 11.2. The van der Waals surface area contributed by atoms with Crippen molar-refractivity contribution >= 4 is 39.7 Å². The van der Waals surface area contributed by atoms with Crippen molar-refractivity contribution in [2.24, 2.45) is 5.73 Å². The molecule has 1 aliphatic rings. The van der Waals surface area contributed by atoms with Gasteiger partial charge >= 0.3 is 0 Å². The molecule has 0 unspecified atom stereocenters. The lowest BCUT2D eigenvalue weighted by atomic mass is 10.0. The topological polar surface area (TPSA) is 87.3 Å². The van der Waals surface area contributed by atoms with Gasteiger partial charge in [-0.3, -0.25) is 4.98 Å². The van der Waals surface area contributed by atoms with Gasteiger partial charge in [-0.05, 0) is 66.4 Å². The summed E-state index contributed by atoms with van der Waals surface area (Å²) < 4.78 is 14.0. The molecule has 1 aliphatic heterocycles. The van der Waals surface area contributed by atoms with Gasteiger partial charge in [0.1, 0.15) is 5.82 Å². The summed E-state index contributed by atoms with van der Waals surface area (Å²) in [6.45, 7) is 1.83. The lowest BCUT2D eigenvalue weighted by Crippen LogP contribution is -2.40. The lowest BCUT2D eigenvalue weighted by Gasteiger charge is -2.31. The van der Waals surface area contributed by atoms with Crippen molar-refractivity contribution in [1.29, 1.82) is 0 Å². The van der Waals surface area contributed by atoms with Crippen LogP contribution in [0.4, 0.5) is 21.6 Å². The molecule has 8 heteroatoms. The summed E-state index contributed by atoms with van der Waals surface area (Å²) >= 11 is 5.97. The van der Waals surface area contributed by atoms with Gasteiger partial charge < -0.3 is 21.1 Å². The summed E-state index contributed by atoms with van der Waals surface area (Å²) in [6.07, 6.45) is 5.50. The number of phenols is 1. The van der Waals surface area contributed by atoms with Crippen LogP contribution in [0.1, 0.15) is 12.8 Å². The zero-order valence-corrected chi connectivity index (χ0v) is 18.6. The van der Waals surface area contributed by atoms with Crippen LogP contribution in [0, 0.1) is 5.82 Å². The quantitative estimate of drug-likeness (QED) is 0.372. The van der Waals surface area contributed by atoms with Gasteiger partial charge in [0.15, 0.2) is 11.6 Å². The molecule has 168 valence electrons. The van der Waals surface area contributed by atoms with Crippen LogP contribution in [0.2, 0.25) is 5.02 Å².